The Balaban J connectivity index is 2.27. The van der Waals surface area contributed by atoms with E-state index in [2.05, 4.69) is 5.32 Å². The maximum Gasteiger partial charge on any atom is 0.220 e. The van der Waals surface area contributed by atoms with Crippen LogP contribution in [0.5, 0.6) is 5.75 Å². The van der Waals surface area contributed by atoms with Crippen molar-refractivity contribution in [3.05, 3.63) is 29.8 Å². The van der Waals surface area contributed by atoms with Crippen molar-refractivity contribution >= 4 is 5.91 Å². The average molecular weight is 293 g/mol. The first-order chi connectivity index (χ1) is 10.2. The number of aliphatic hydroxyl groups excluding tert-OH is 1. The van der Waals surface area contributed by atoms with Gasteiger partial charge in [0.2, 0.25) is 5.91 Å². The molecule has 0 aliphatic rings. The summed E-state index contributed by atoms with van der Waals surface area (Å²) in [5.74, 6) is 1.24. The van der Waals surface area contributed by atoms with Crippen molar-refractivity contribution < 1.29 is 14.6 Å². The van der Waals surface area contributed by atoms with Crippen molar-refractivity contribution in [2.45, 2.75) is 39.5 Å². The molecule has 0 spiro atoms. The molecule has 1 atom stereocenters. The van der Waals surface area contributed by atoms with E-state index >= 15 is 0 Å². The lowest BCUT2D eigenvalue weighted by molar-refractivity contribution is -0.121. The van der Waals surface area contributed by atoms with Crippen LogP contribution >= 0.6 is 0 Å². The summed E-state index contributed by atoms with van der Waals surface area (Å²) in [5, 5.41) is 11.8. The molecule has 0 saturated carbocycles. The van der Waals surface area contributed by atoms with Gasteiger partial charge in [-0.1, -0.05) is 25.1 Å². The Morgan fingerprint density at radius 3 is 2.86 bits per heavy atom. The average Bonchev–Trinajstić information content (AvgIpc) is 2.50. The second-order valence-corrected chi connectivity index (χ2v) is 5.32. The second kappa shape index (κ2) is 10.2. The van der Waals surface area contributed by atoms with E-state index in [1.165, 1.54) is 0 Å². The van der Waals surface area contributed by atoms with Crippen molar-refractivity contribution in [1.29, 1.82) is 0 Å². The number of carbonyl (C=O) groups excluding carboxylic acids is 1. The summed E-state index contributed by atoms with van der Waals surface area (Å²) in [6, 6.07) is 7.84. The summed E-state index contributed by atoms with van der Waals surface area (Å²) in [4.78, 5) is 11.8. The lowest BCUT2D eigenvalue weighted by Gasteiger charge is -2.10. The Kier molecular flexibility index (Phi) is 8.51. The van der Waals surface area contributed by atoms with Crippen LogP contribution in [0.4, 0.5) is 0 Å². The Morgan fingerprint density at radius 2 is 2.14 bits per heavy atom. The van der Waals surface area contributed by atoms with Crippen molar-refractivity contribution in [2.75, 3.05) is 19.8 Å². The maximum atomic E-state index is 11.8. The van der Waals surface area contributed by atoms with Crippen molar-refractivity contribution in [1.82, 2.24) is 5.32 Å². The lowest BCUT2D eigenvalue weighted by Crippen LogP contribution is -2.25. The maximum absolute atomic E-state index is 11.8. The predicted molar refractivity (Wildman–Crippen MR) is 84.4 cm³/mol. The van der Waals surface area contributed by atoms with Gasteiger partial charge in [-0.2, -0.15) is 0 Å². The molecular weight excluding hydrogens is 266 g/mol. The number of nitrogens with one attached hydrogen (secondary N) is 1. The van der Waals surface area contributed by atoms with Crippen molar-refractivity contribution in [3.63, 3.8) is 0 Å². The Labute approximate surface area is 127 Å². The smallest absolute Gasteiger partial charge is 0.220 e. The molecule has 0 bridgehead atoms. The molecule has 0 saturated heterocycles. The zero-order valence-corrected chi connectivity index (χ0v) is 13.1. The normalized spacial score (nSPS) is 12.0. The summed E-state index contributed by atoms with van der Waals surface area (Å²) < 4.78 is 5.55. The van der Waals surface area contributed by atoms with Gasteiger partial charge in [-0.3, -0.25) is 4.79 Å². The van der Waals surface area contributed by atoms with E-state index in [0.717, 1.165) is 24.2 Å². The molecule has 0 heterocycles. The van der Waals surface area contributed by atoms with Gasteiger partial charge in [-0.15, -0.1) is 0 Å². The lowest BCUT2D eigenvalue weighted by atomic mass is 10.1. The number of rotatable bonds is 10. The highest BCUT2D eigenvalue weighted by Crippen LogP contribution is 2.19. The zero-order chi connectivity index (χ0) is 15.5. The molecule has 0 radical (unpaired) electrons. The Bertz CT molecular complexity index is 420. The minimum absolute atomic E-state index is 0.0675. The molecule has 1 amide bonds. The summed E-state index contributed by atoms with van der Waals surface area (Å²) in [7, 11) is 0. The molecule has 0 fully saturated rings. The molecule has 4 heteroatoms. The number of hydrogen-bond acceptors (Lipinski definition) is 3. The van der Waals surface area contributed by atoms with E-state index in [1.54, 1.807) is 0 Å². The van der Waals surface area contributed by atoms with Gasteiger partial charge in [0.05, 0.1) is 6.61 Å². The number of carbonyl (C=O) groups is 1. The SMILES string of the molecule is CCOc1ccccc1CCC(=O)NCCCC(C)CO. The Hall–Kier alpha value is -1.55. The first kappa shape index (κ1) is 17.5. The molecule has 1 aromatic carbocycles. The van der Waals surface area contributed by atoms with E-state index in [1.807, 2.05) is 38.1 Å². The van der Waals surface area contributed by atoms with Crippen LogP contribution in [-0.4, -0.2) is 30.8 Å². The van der Waals surface area contributed by atoms with Gasteiger partial charge in [0, 0.05) is 19.6 Å². The predicted octanol–water partition coefficient (Wildman–Crippen LogP) is 2.54. The Morgan fingerprint density at radius 1 is 1.38 bits per heavy atom. The number of amides is 1. The minimum Gasteiger partial charge on any atom is -0.494 e. The summed E-state index contributed by atoms with van der Waals surface area (Å²) in [5.41, 5.74) is 1.07. The van der Waals surface area contributed by atoms with Gasteiger partial charge in [-0.25, -0.2) is 0 Å². The molecule has 1 unspecified atom stereocenters. The van der Waals surface area contributed by atoms with Crippen LogP contribution in [0.15, 0.2) is 24.3 Å². The van der Waals surface area contributed by atoms with Crippen molar-refractivity contribution in [3.8, 4) is 5.75 Å². The first-order valence-electron chi connectivity index (χ1n) is 7.75. The van der Waals surface area contributed by atoms with Gasteiger partial charge in [0.1, 0.15) is 5.75 Å². The van der Waals surface area contributed by atoms with Gasteiger partial charge in [-0.05, 0) is 43.7 Å². The first-order valence-corrected chi connectivity index (χ1v) is 7.75. The van der Waals surface area contributed by atoms with Crippen LogP contribution in [0.1, 0.15) is 38.7 Å². The molecule has 0 aromatic heterocycles. The molecule has 1 rings (SSSR count). The number of para-hydroxylation sites is 1. The van der Waals surface area contributed by atoms with Crippen LogP contribution in [0, 0.1) is 5.92 Å². The highest BCUT2D eigenvalue weighted by atomic mass is 16.5. The molecule has 0 aliphatic heterocycles. The number of aliphatic hydroxyl groups is 1. The van der Waals surface area contributed by atoms with E-state index < -0.39 is 0 Å². The fourth-order valence-corrected chi connectivity index (χ4v) is 2.11. The number of ether oxygens (including phenoxy) is 1. The highest BCUT2D eigenvalue weighted by molar-refractivity contribution is 5.76. The summed E-state index contributed by atoms with van der Waals surface area (Å²) >= 11 is 0. The third-order valence-corrected chi connectivity index (χ3v) is 3.40. The highest BCUT2D eigenvalue weighted by Gasteiger charge is 2.06. The van der Waals surface area contributed by atoms with Gasteiger partial charge in [0.15, 0.2) is 0 Å². The molecule has 0 aliphatic carbocycles. The second-order valence-electron chi connectivity index (χ2n) is 5.32. The van der Waals surface area contributed by atoms with Gasteiger partial charge >= 0.3 is 0 Å². The van der Waals surface area contributed by atoms with E-state index in [9.17, 15) is 4.79 Å². The molecule has 4 nitrogen and oxygen atoms in total. The molecular formula is C17H27NO3. The number of benzene rings is 1. The van der Waals surface area contributed by atoms with E-state index in [0.29, 0.717) is 31.9 Å². The monoisotopic (exact) mass is 293 g/mol. The van der Waals surface area contributed by atoms with E-state index in [-0.39, 0.29) is 12.5 Å². The molecule has 2 N–H and O–H groups in total. The fraction of sp³-hybridized carbons (Fsp3) is 0.588. The fourth-order valence-electron chi connectivity index (χ4n) is 2.11. The van der Waals surface area contributed by atoms with Crippen LogP contribution in [0.2, 0.25) is 0 Å². The molecule has 1 aromatic rings. The topological polar surface area (TPSA) is 58.6 Å². The third-order valence-electron chi connectivity index (χ3n) is 3.40. The van der Waals surface area contributed by atoms with Gasteiger partial charge in [0.25, 0.3) is 0 Å². The molecule has 118 valence electrons. The minimum atomic E-state index is 0.0675. The van der Waals surface area contributed by atoms with Crippen molar-refractivity contribution in [2.24, 2.45) is 5.92 Å². The third kappa shape index (κ3) is 7.14. The summed E-state index contributed by atoms with van der Waals surface area (Å²) in [6.07, 6.45) is 3.00. The summed E-state index contributed by atoms with van der Waals surface area (Å²) in [6.45, 7) is 5.48. The van der Waals surface area contributed by atoms with Crippen LogP contribution < -0.4 is 10.1 Å². The largest absolute Gasteiger partial charge is 0.494 e. The number of aryl methyl sites for hydroxylation is 1. The van der Waals surface area contributed by atoms with Crippen LogP contribution in [0.3, 0.4) is 0 Å². The van der Waals surface area contributed by atoms with Crippen LogP contribution in [0.25, 0.3) is 0 Å². The molecule has 21 heavy (non-hydrogen) atoms. The van der Waals surface area contributed by atoms with Gasteiger partial charge < -0.3 is 15.2 Å². The quantitative estimate of drug-likeness (QED) is 0.652. The van der Waals surface area contributed by atoms with E-state index in [4.69, 9.17) is 9.84 Å². The van der Waals surface area contributed by atoms with Crippen LogP contribution in [-0.2, 0) is 11.2 Å². The zero-order valence-electron chi connectivity index (χ0n) is 13.1. The standard InChI is InChI=1S/C17H27NO3/c1-3-21-16-9-5-4-8-15(16)10-11-17(20)18-12-6-7-14(2)13-19/h4-5,8-9,14,19H,3,6-7,10-13H2,1-2H3,(H,18,20). The number of hydrogen-bond donors (Lipinski definition) is 2.